The maximum Gasteiger partial charge on any atom is 0.335 e. The largest absolute Gasteiger partial charge is 0.478 e. The third-order valence-electron chi connectivity index (χ3n) is 2.57. The Morgan fingerprint density at radius 3 is 2.56 bits per heavy atom. The first-order valence-corrected chi connectivity index (χ1v) is 6.19. The topological polar surface area (TPSA) is 59.4 Å². The van der Waals surface area contributed by atoms with Crippen molar-refractivity contribution in [3.63, 3.8) is 0 Å². The van der Waals surface area contributed by atoms with E-state index in [4.69, 9.17) is 9.84 Å². The van der Waals surface area contributed by atoms with Gasteiger partial charge in [0.25, 0.3) is 0 Å². The van der Waals surface area contributed by atoms with Gasteiger partial charge in [-0.2, -0.15) is 0 Å². The number of carboxylic acid groups (broad SMARTS) is 1. The monoisotopic (exact) mass is 251 g/mol. The van der Waals surface area contributed by atoms with Gasteiger partial charge in [-0.05, 0) is 24.3 Å². The Morgan fingerprint density at radius 1 is 1.39 bits per heavy atom. The van der Waals surface area contributed by atoms with Gasteiger partial charge in [0, 0.05) is 11.8 Å². The molecule has 1 heterocycles. The number of carbonyl (C=O) groups is 1. The molecule has 0 fully saturated rings. The fourth-order valence-electron chi connectivity index (χ4n) is 1.40. The average molecular weight is 251 g/mol. The average Bonchev–Trinajstić information content (AvgIpc) is 2.26. The molecule has 0 aliphatic heterocycles. The Morgan fingerprint density at radius 2 is 2.06 bits per heavy atom. The number of aryl methyl sites for hydroxylation is 1. The molecular formula is C14H21NO3. The van der Waals surface area contributed by atoms with Crippen LogP contribution in [0.3, 0.4) is 0 Å². The molecule has 0 bridgehead atoms. The molecule has 0 aliphatic carbocycles. The number of aromatic nitrogens is 1. The smallest absolute Gasteiger partial charge is 0.335 e. The molecule has 0 unspecified atom stereocenters. The van der Waals surface area contributed by atoms with Gasteiger partial charge in [-0.1, -0.05) is 27.7 Å². The van der Waals surface area contributed by atoms with Gasteiger partial charge in [0.1, 0.15) is 0 Å². The van der Waals surface area contributed by atoms with Gasteiger partial charge in [0.05, 0.1) is 12.2 Å². The molecule has 1 N–H and O–H groups in total. The molecule has 0 saturated carbocycles. The maximum atomic E-state index is 11.0. The first-order chi connectivity index (χ1) is 8.31. The molecule has 4 nitrogen and oxygen atoms in total. The van der Waals surface area contributed by atoms with Crippen LogP contribution in [0.4, 0.5) is 0 Å². The molecule has 4 heteroatoms. The number of rotatable bonds is 5. The van der Waals surface area contributed by atoms with E-state index >= 15 is 0 Å². The minimum absolute atomic E-state index is 0.192. The predicted molar refractivity (Wildman–Crippen MR) is 70.1 cm³/mol. The van der Waals surface area contributed by atoms with E-state index in [1.54, 1.807) is 6.07 Å². The lowest BCUT2D eigenvalue weighted by atomic mass is 9.93. The van der Waals surface area contributed by atoms with Crippen molar-refractivity contribution in [1.29, 1.82) is 0 Å². The molecule has 1 rings (SSSR count). The van der Waals surface area contributed by atoms with Crippen molar-refractivity contribution < 1.29 is 14.6 Å². The Bertz CT molecular complexity index is 422. The molecule has 0 radical (unpaired) electrons. The van der Waals surface area contributed by atoms with Gasteiger partial charge in [-0.3, -0.25) is 0 Å². The van der Waals surface area contributed by atoms with Crippen molar-refractivity contribution >= 4 is 5.97 Å². The van der Waals surface area contributed by atoms with E-state index in [0.29, 0.717) is 18.9 Å². The summed E-state index contributed by atoms with van der Waals surface area (Å²) in [5.41, 5.74) is 1.16. The fraction of sp³-hybridized carbons (Fsp3) is 0.571. The Hall–Kier alpha value is -1.58. The number of nitrogens with zero attached hydrogens (tertiary/aromatic N) is 1. The van der Waals surface area contributed by atoms with Gasteiger partial charge >= 0.3 is 5.97 Å². The second kappa shape index (κ2) is 5.85. The summed E-state index contributed by atoms with van der Waals surface area (Å²) in [4.78, 5) is 15.2. The molecule has 0 aliphatic rings. The number of pyridine rings is 1. The zero-order chi connectivity index (χ0) is 13.8. The van der Waals surface area contributed by atoms with Crippen LogP contribution in [0, 0.1) is 5.41 Å². The lowest BCUT2D eigenvalue weighted by Crippen LogP contribution is -2.12. The van der Waals surface area contributed by atoms with Crippen LogP contribution >= 0.6 is 0 Å². The molecule has 100 valence electrons. The van der Waals surface area contributed by atoms with Crippen molar-refractivity contribution in [3.05, 3.63) is 23.4 Å². The van der Waals surface area contributed by atoms with E-state index in [1.807, 2.05) is 6.92 Å². The van der Waals surface area contributed by atoms with Crippen LogP contribution in [-0.2, 0) is 6.42 Å². The van der Waals surface area contributed by atoms with E-state index in [-0.39, 0.29) is 11.0 Å². The van der Waals surface area contributed by atoms with Crippen LogP contribution < -0.4 is 4.74 Å². The highest BCUT2D eigenvalue weighted by molar-refractivity contribution is 5.88. The Labute approximate surface area is 108 Å². The van der Waals surface area contributed by atoms with E-state index < -0.39 is 5.97 Å². The highest BCUT2D eigenvalue weighted by Crippen LogP contribution is 2.20. The number of aromatic carboxylic acids is 1. The Balaban J connectivity index is 2.76. The standard InChI is InChI=1S/C14H21NO3/c1-5-11-8-10(13(16)17)9-12(15-11)18-7-6-14(2,3)4/h8-9H,5-7H2,1-4H3,(H,16,17). The second-order valence-corrected chi connectivity index (χ2v) is 5.50. The van der Waals surface area contributed by atoms with Crippen LogP contribution in [0.2, 0.25) is 0 Å². The van der Waals surface area contributed by atoms with Crippen LogP contribution in [-0.4, -0.2) is 22.7 Å². The van der Waals surface area contributed by atoms with E-state index in [9.17, 15) is 4.79 Å². The molecule has 0 saturated heterocycles. The van der Waals surface area contributed by atoms with Gasteiger partial charge in [0.15, 0.2) is 0 Å². The van der Waals surface area contributed by atoms with Gasteiger partial charge < -0.3 is 9.84 Å². The molecule has 1 aromatic rings. The number of hydrogen-bond acceptors (Lipinski definition) is 3. The highest BCUT2D eigenvalue weighted by Gasteiger charge is 2.12. The van der Waals surface area contributed by atoms with Crippen LogP contribution in [0.5, 0.6) is 5.88 Å². The summed E-state index contributed by atoms with van der Waals surface area (Å²) < 4.78 is 5.54. The maximum absolute atomic E-state index is 11.0. The number of carboxylic acids is 1. The van der Waals surface area contributed by atoms with Crippen molar-refractivity contribution in [2.75, 3.05) is 6.61 Å². The fourth-order valence-corrected chi connectivity index (χ4v) is 1.40. The lowest BCUT2D eigenvalue weighted by Gasteiger charge is -2.18. The van der Waals surface area contributed by atoms with Crippen LogP contribution in [0.25, 0.3) is 0 Å². The quantitative estimate of drug-likeness (QED) is 0.873. The summed E-state index contributed by atoms with van der Waals surface area (Å²) in [6, 6.07) is 3.06. The third-order valence-corrected chi connectivity index (χ3v) is 2.57. The Kier molecular flexibility index (Phi) is 4.70. The van der Waals surface area contributed by atoms with Crippen molar-refractivity contribution in [2.45, 2.75) is 40.5 Å². The second-order valence-electron chi connectivity index (χ2n) is 5.50. The van der Waals surface area contributed by atoms with Gasteiger partial charge in [-0.15, -0.1) is 0 Å². The van der Waals surface area contributed by atoms with E-state index in [0.717, 1.165) is 12.1 Å². The van der Waals surface area contributed by atoms with Crippen LogP contribution in [0.1, 0.15) is 50.2 Å². The van der Waals surface area contributed by atoms with Gasteiger partial charge in [-0.25, -0.2) is 9.78 Å². The normalized spacial score (nSPS) is 11.3. The zero-order valence-electron chi connectivity index (χ0n) is 11.5. The highest BCUT2D eigenvalue weighted by atomic mass is 16.5. The molecule has 0 amide bonds. The minimum atomic E-state index is -0.951. The first kappa shape index (κ1) is 14.5. The molecule has 0 spiro atoms. The zero-order valence-corrected chi connectivity index (χ0v) is 11.5. The van der Waals surface area contributed by atoms with E-state index in [2.05, 4.69) is 25.8 Å². The van der Waals surface area contributed by atoms with Crippen molar-refractivity contribution in [3.8, 4) is 5.88 Å². The summed E-state index contributed by atoms with van der Waals surface area (Å²) in [6.07, 6.45) is 1.59. The van der Waals surface area contributed by atoms with Crippen molar-refractivity contribution in [2.24, 2.45) is 5.41 Å². The minimum Gasteiger partial charge on any atom is -0.478 e. The number of hydrogen-bond donors (Lipinski definition) is 1. The van der Waals surface area contributed by atoms with Crippen LogP contribution in [0.15, 0.2) is 12.1 Å². The van der Waals surface area contributed by atoms with Crippen molar-refractivity contribution in [1.82, 2.24) is 4.98 Å². The third kappa shape index (κ3) is 4.73. The first-order valence-electron chi connectivity index (χ1n) is 6.19. The summed E-state index contributed by atoms with van der Waals surface area (Å²) >= 11 is 0. The summed E-state index contributed by atoms with van der Waals surface area (Å²) in [7, 11) is 0. The molecule has 18 heavy (non-hydrogen) atoms. The lowest BCUT2D eigenvalue weighted by molar-refractivity contribution is 0.0695. The van der Waals surface area contributed by atoms with E-state index in [1.165, 1.54) is 6.07 Å². The summed E-state index contributed by atoms with van der Waals surface area (Å²) in [6.45, 7) is 8.88. The summed E-state index contributed by atoms with van der Waals surface area (Å²) in [5.74, 6) is -0.552. The molecule has 0 atom stereocenters. The SMILES string of the molecule is CCc1cc(C(=O)O)cc(OCCC(C)(C)C)n1. The number of ether oxygens (including phenoxy) is 1. The predicted octanol–water partition coefficient (Wildman–Crippen LogP) is 3.16. The molecular weight excluding hydrogens is 230 g/mol. The summed E-state index contributed by atoms with van der Waals surface area (Å²) in [5, 5.41) is 9.00. The van der Waals surface area contributed by atoms with Gasteiger partial charge in [0.2, 0.25) is 5.88 Å². The molecule has 1 aromatic heterocycles. The molecule has 0 aromatic carbocycles.